The molecular formula is C20H20N4O3S. The predicted molar refractivity (Wildman–Crippen MR) is 112 cm³/mol. The molecule has 1 aromatic heterocycles. The fraction of sp³-hybridized carbons (Fsp3) is 0.200. The summed E-state index contributed by atoms with van der Waals surface area (Å²) in [4.78, 5) is 29.5. The summed E-state index contributed by atoms with van der Waals surface area (Å²) in [6, 6.07) is 13.7. The lowest BCUT2D eigenvalue weighted by Gasteiger charge is -2.20. The molecule has 0 atom stereocenters. The molecule has 0 saturated carbocycles. The van der Waals surface area contributed by atoms with Crippen LogP contribution in [0.15, 0.2) is 53.9 Å². The topological polar surface area (TPSA) is 88.4 Å². The first-order valence-electron chi connectivity index (χ1n) is 8.88. The molecule has 3 rings (SSSR count). The summed E-state index contributed by atoms with van der Waals surface area (Å²) >= 11 is 1.28. The highest BCUT2D eigenvalue weighted by atomic mass is 32.1. The Bertz CT molecular complexity index is 981. The Labute approximate surface area is 166 Å². The molecule has 0 saturated heterocycles. The first-order chi connectivity index (χ1) is 13.5. The average Bonchev–Trinajstić information content (AvgIpc) is 3.18. The average molecular weight is 396 g/mol. The molecule has 144 valence electrons. The van der Waals surface area contributed by atoms with E-state index in [-0.39, 0.29) is 11.6 Å². The van der Waals surface area contributed by atoms with E-state index in [0.29, 0.717) is 22.0 Å². The third-order valence-electron chi connectivity index (χ3n) is 4.34. The van der Waals surface area contributed by atoms with Gasteiger partial charge in [0.1, 0.15) is 0 Å². The van der Waals surface area contributed by atoms with E-state index in [1.165, 1.54) is 23.5 Å². The van der Waals surface area contributed by atoms with Crippen molar-refractivity contribution in [1.82, 2.24) is 4.98 Å². The van der Waals surface area contributed by atoms with Crippen LogP contribution in [0.1, 0.15) is 24.2 Å². The number of amides is 1. The molecule has 2 aromatic carbocycles. The number of benzene rings is 2. The summed E-state index contributed by atoms with van der Waals surface area (Å²) in [6.07, 6.45) is 0. The number of nitrogens with one attached hydrogen (secondary N) is 1. The highest BCUT2D eigenvalue weighted by Crippen LogP contribution is 2.27. The fourth-order valence-electron chi connectivity index (χ4n) is 2.82. The minimum absolute atomic E-state index is 0.00405. The van der Waals surface area contributed by atoms with Gasteiger partial charge >= 0.3 is 0 Å². The van der Waals surface area contributed by atoms with Crippen LogP contribution in [0.2, 0.25) is 0 Å². The molecular weight excluding hydrogens is 376 g/mol. The Morgan fingerprint density at radius 2 is 1.89 bits per heavy atom. The lowest BCUT2D eigenvalue weighted by molar-refractivity contribution is -0.384. The molecule has 1 amide bonds. The summed E-state index contributed by atoms with van der Waals surface area (Å²) in [5.41, 5.74) is 2.84. The monoisotopic (exact) mass is 396 g/mol. The van der Waals surface area contributed by atoms with Crippen LogP contribution in [-0.4, -0.2) is 28.9 Å². The lowest BCUT2D eigenvalue weighted by Crippen LogP contribution is -2.21. The molecule has 28 heavy (non-hydrogen) atoms. The maximum Gasteiger partial charge on any atom is 0.270 e. The van der Waals surface area contributed by atoms with Gasteiger partial charge < -0.3 is 4.90 Å². The summed E-state index contributed by atoms with van der Waals surface area (Å²) in [5, 5.41) is 15.9. The highest BCUT2D eigenvalue weighted by Gasteiger charge is 2.13. The molecule has 0 unspecified atom stereocenters. The third kappa shape index (κ3) is 4.34. The van der Waals surface area contributed by atoms with Gasteiger partial charge in [-0.3, -0.25) is 20.2 Å². The summed E-state index contributed by atoms with van der Waals surface area (Å²) in [6.45, 7) is 5.99. The van der Waals surface area contributed by atoms with Crippen LogP contribution in [0, 0.1) is 10.1 Å². The summed E-state index contributed by atoms with van der Waals surface area (Å²) in [7, 11) is 0. The molecule has 0 radical (unpaired) electrons. The van der Waals surface area contributed by atoms with Gasteiger partial charge in [-0.1, -0.05) is 12.1 Å². The van der Waals surface area contributed by atoms with E-state index in [1.807, 2.05) is 12.1 Å². The van der Waals surface area contributed by atoms with Gasteiger partial charge in [-0.25, -0.2) is 4.98 Å². The van der Waals surface area contributed by atoms with Crippen molar-refractivity contribution in [2.45, 2.75) is 13.8 Å². The van der Waals surface area contributed by atoms with Gasteiger partial charge in [-0.05, 0) is 38.1 Å². The van der Waals surface area contributed by atoms with Gasteiger partial charge in [0.25, 0.3) is 11.6 Å². The van der Waals surface area contributed by atoms with Crippen molar-refractivity contribution in [3.8, 4) is 11.3 Å². The SMILES string of the molecule is CCN(CC)c1ccc(C(=O)Nc2nc(-c3cccc([N+](=O)[O-])c3)cs2)cc1. The maximum atomic E-state index is 12.5. The van der Waals surface area contributed by atoms with Gasteiger partial charge in [0.05, 0.1) is 10.6 Å². The van der Waals surface area contributed by atoms with Crippen molar-refractivity contribution < 1.29 is 9.72 Å². The van der Waals surface area contributed by atoms with Gasteiger partial charge in [-0.15, -0.1) is 11.3 Å². The van der Waals surface area contributed by atoms with E-state index in [9.17, 15) is 14.9 Å². The molecule has 0 aliphatic carbocycles. The molecule has 1 heterocycles. The number of nitrogens with zero attached hydrogens (tertiary/aromatic N) is 3. The van der Waals surface area contributed by atoms with Gasteiger partial charge in [0.15, 0.2) is 5.13 Å². The number of nitro groups is 1. The van der Waals surface area contributed by atoms with E-state index in [2.05, 4.69) is 29.0 Å². The molecule has 0 fully saturated rings. The zero-order valence-electron chi connectivity index (χ0n) is 15.6. The van der Waals surface area contributed by atoms with Crippen LogP contribution in [-0.2, 0) is 0 Å². The number of nitro benzene ring substituents is 1. The fourth-order valence-corrected chi connectivity index (χ4v) is 3.54. The summed E-state index contributed by atoms with van der Waals surface area (Å²) < 4.78 is 0. The Hall–Kier alpha value is -3.26. The van der Waals surface area contributed by atoms with Gasteiger partial charge in [0.2, 0.25) is 0 Å². The first kappa shape index (κ1) is 19.5. The second-order valence-corrected chi connectivity index (χ2v) is 6.88. The molecule has 7 nitrogen and oxygen atoms in total. The van der Waals surface area contributed by atoms with Gasteiger partial charge in [0, 0.05) is 47.4 Å². The summed E-state index contributed by atoms with van der Waals surface area (Å²) in [5.74, 6) is -0.244. The quantitative estimate of drug-likeness (QED) is 0.457. The van der Waals surface area contributed by atoms with Crippen molar-refractivity contribution in [3.63, 3.8) is 0 Å². The molecule has 0 spiro atoms. The molecule has 1 N–H and O–H groups in total. The van der Waals surface area contributed by atoms with Crippen molar-refractivity contribution in [2.24, 2.45) is 0 Å². The van der Waals surface area contributed by atoms with Crippen LogP contribution < -0.4 is 10.2 Å². The number of carbonyl (C=O) groups is 1. The standard InChI is InChI=1S/C20H20N4O3S/c1-3-23(4-2)16-10-8-14(9-11-16)19(25)22-20-21-18(13-28-20)15-6-5-7-17(12-15)24(26)27/h5-13H,3-4H2,1-2H3,(H,21,22,25). The number of hydrogen-bond donors (Lipinski definition) is 1. The van der Waals surface area contributed by atoms with Crippen LogP contribution >= 0.6 is 11.3 Å². The van der Waals surface area contributed by atoms with E-state index < -0.39 is 4.92 Å². The van der Waals surface area contributed by atoms with E-state index in [1.54, 1.807) is 29.6 Å². The number of thiazole rings is 1. The molecule has 3 aromatic rings. The van der Waals surface area contributed by atoms with Crippen molar-refractivity contribution in [1.29, 1.82) is 0 Å². The van der Waals surface area contributed by atoms with Crippen LogP contribution in [0.3, 0.4) is 0 Å². The number of non-ortho nitro benzene ring substituents is 1. The molecule has 0 aliphatic heterocycles. The van der Waals surface area contributed by atoms with Crippen molar-refractivity contribution >= 4 is 33.8 Å². The van der Waals surface area contributed by atoms with E-state index >= 15 is 0 Å². The first-order valence-corrected chi connectivity index (χ1v) is 9.76. The van der Waals surface area contributed by atoms with Crippen LogP contribution in [0.25, 0.3) is 11.3 Å². The smallest absolute Gasteiger partial charge is 0.270 e. The lowest BCUT2D eigenvalue weighted by atomic mass is 10.1. The second kappa shape index (κ2) is 8.62. The highest BCUT2D eigenvalue weighted by molar-refractivity contribution is 7.14. The third-order valence-corrected chi connectivity index (χ3v) is 5.09. The van der Waals surface area contributed by atoms with Crippen LogP contribution in [0.4, 0.5) is 16.5 Å². The Kier molecular flexibility index (Phi) is 6.00. The van der Waals surface area contributed by atoms with Crippen LogP contribution in [0.5, 0.6) is 0 Å². The zero-order chi connectivity index (χ0) is 20.1. The largest absolute Gasteiger partial charge is 0.372 e. The van der Waals surface area contributed by atoms with E-state index in [4.69, 9.17) is 0 Å². The second-order valence-electron chi connectivity index (χ2n) is 6.02. The molecule has 0 bridgehead atoms. The molecule has 0 aliphatic rings. The van der Waals surface area contributed by atoms with E-state index in [0.717, 1.165) is 18.8 Å². The number of hydrogen-bond acceptors (Lipinski definition) is 6. The minimum atomic E-state index is -0.444. The Morgan fingerprint density at radius 3 is 2.54 bits per heavy atom. The van der Waals surface area contributed by atoms with Crippen molar-refractivity contribution in [2.75, 3.05) is 23.3 Å². The van der Waals surface area contributed by atoms with Crippen molar-refractivity contribution in [3.05, 3.63) is 69.6 Å². The zero-order valence-corrected chi connectivity index (χ0v) is 16.4. The molecule has 8 heteroatoms. The minimum Gasteiger partial charge on any atom is -0.372 e. The maximum absolute atomic E-state index is 12.5. The number of anilines is 2. The number of rotatable bonds is 7. The Balaban J connectivity index is 1.72. The normalized spacial score (nSPS) is 10.5. The Morgan fingerprint density at radius 1 is 1.18 bits per heavy atom. The number of aromatic nitrogens is 1. The predicted octanol–water partition coefficient (Wildman–Crippen LogP) is 4.82. The van der Waals surface area contributed by atoms with Gasteiger partial charge in [-0.2, -0.15) is 0 Å². The number of carbonyl (C=O) groups excluding carboxylic acids is 1.